The maximum atomic E-state index is 10.1. The second-order valence-corrected chi connectivity index (χ2v) is 8.30. The Morgan fingerprint density at radius 1 is 0.414 bits per heavy atom. The number of unbranched alkanes of at least 4 members (excludes halogenated alkanes) is 17. The highest BCUT2D eigenvalue weighted by Gasteiger charge is 1.98. The summed E-state index contributed by atoms with van der Waals surface area (Å²) in [4.78, 5) is 20.3. The lowest BCUT2D eigenvalue weighted by atomic mass is 10.1. The van der Waals surface area contributed by atoms with Gasteiger partial charge in [-0.25, -0.2) is 0 Å². The Balaban J connectivity index is 0. The molecule has 0 unspecified atom stereocenters. The average Bonchev–Trinajstić information content (AvgIpc) is 2.68. The Morgan fingerprint density at radius 2 is 0.621 bits per heavy atom. The number of hydrogen-bond donors (Lipinski definition) is 2. The van der Waals surface area contributed by atoms with Crippen LogP contribution in [0.5, 0.6) is 0 Å². The second-order valence-electron chi connectivity index (χ2n) is 8.30. The van der Waals surface area contributed by atoms with Gasteiger partial charge in [0.1, 0.15) is 0 Å². The van der Waals surface area contributed by atoms with Crippen LogP contribution < -0.4 is 0 Å². The van der Waals surface area contributed by atoms with Crippen molar-refractivity contribution in [1.29, 1.82) is 0 Å². The van der Waals surface area contributed by atoms with E-state index in [4.69, 9.17) is 10.2 Å². The van der Waals surface area contributed by atoms with Gasteiger partial charge in [0.15, 0.2) is 0 Å². The third kappa shape index (κ3) is 34.8. The Bertz CT molecular complexity index is 310. The molecular weight excluding hydrogens is 364 g/mol. The summed E-state index contributed by atoms with van der Waals surface area (Å²) in [5.74, 6) is -1.48. The van der Waals surface area contributed by atoms with Crippen molar-refractivity contribution in [3.05, 3.63) is 0 Å². The molecule has 0 saturated carbocycles. The van der Waals surface area contributed by atoms with E-state index in [1.165, 1.54) is 83.5 Å². The van der Waals surface area contributed by atoms with E-state index >= 15 is 0 Å². The molecule has 0 aliphatic rings. The minimum absolute atomic E-state index is 0.245. The van der Waals surface area contributed by atoms with Crippen LogP contribution in [-0.4, -0.2) is 22.2 Å². The molecule has 2 N–H and O–H groups in total. The highest BCUT2D eigenvalue weighted by Crippen LogP contribution is 2.12. The summed E-state index contributed by atoms with van der Waals surface area (Å²) in [6, 6.07) is 0. The van der Waals surface area contributed by atoms with Crippen molar-refractivity contribution in [3.8, 4) is 0 Å². The second kappa shape index (κ2) is 26.9. The lowest BCUT2D eigenvalue weighted by Crippen LogP contribution is -1.94. The van der Waals surface area contributed by atoms with E-state index in [0.717, 1.165) is 38.5 Å². The predicted octanol–water partition coefficient (Wildman–Crippen LogP) is 8.37. The summed E-state index contributed by atoms with van der Waals surface area (Å²) in [6.07, 6.45) is 24.7. The van der Waals surface area contributed by atoms with E-state index in [0.29, 0.717) is 0 Å². The molecule has 0 heterocycles. The number of carboxylic acids is 2. The van der Waals surface area contributed by atoms with E-state index in [-0.39, 0.29) is 12.8 Å². The first-order valence-corrected chi connectivity index (χ1v) is 12.5. The molecule has 0 radical (unpaired) electrons. The standard InChI is InChI=1S/C15H32.C10H18O4/c1-3-5-7-9-11-13-15-14-12-10-8-6-4-2;11-9(12)7-5-3-1-2-4-6-8-10(13)14/h3-15H2,1-2H3;1-8H2,(H,11,12)(H,13,14). The zero-order valence-electron chi connectivity index (χ0n) is 19.6. The van der Waals surface area contributed by atoms with Gasteiger partial charge in [-0.15, -0.1) is 0 Å². The molecule has 174 valence electrons. The highest BCUT2D eigenvalue weighted by molar-refractivity contribution is 5.66. The first kappa shape index (κ1) is 30.1. The number of aliphatic carboxylic acids is 2. The SMILES string of the molecule is CCCCCCCCCCCCCCC.O=C(O)CCCCCCCCC(=O)O. The zero-order valence-corrected chi connectivity index (χ0v) is 19.6. The van der Waals surface area contributed by atoms with Crippen molar-refractivity contribution >= 4 is 11.9 Å². The first-order chi connectivity index (χ1) is 14.0. The van der Waals surface area contributed by atoms with Gasteiger partial charge >= 0.3 is 11.9 Å². The number of carboxylic acid groups (broad SMARTS) is 2. The molecule has 0 aliphatic heterocycles. The van der Waals surface area contributed by atoms with Crippen molar-refractivity contribution in [2.75, 3.05) is 0 Å². The predicted molar refractivity (Wildman–Crippen MR) is 124 cm³/mol. The van der Waals surface area contributed by atoms with E-state index < -0.39 is 11.9 Å². The van der Waals surface area contributed by atoms with Crippen molar-refractivity contribution in [2.45, 2.75) is 149 Å². The van der Waals surface area contributed by atoms with Crippen molar-refractivity contribution < 1.29 is 19.8 Å². The van der Waals surface area contributed by atoms with Crippen LogP contribution in [0.3, 0.4) is 0 Å². The van der Waals surface area contributed by atoms with Crippen LogP contribution in [-0.2, 0) is 9.59 Å². The summed E-state index contributed by atoms with van der Waals surface area (Å²) >= 11 is 0. The van der Waals surface area contributed by atoms with Crippen LogP contribution in [0.4, 0.5) is 0 Å². The topological polar surface area (TPSA) is 74.6 Å². The molecule has 0 saturated heterocycles. The van der Waals surface area contributed by atoms with Gasteiger partial charge in [0.25, 0.3) is 0 Å². The van der Waals surface area contributed by atoms with Gasteiger partial charge in [0.05, 0.1) is 0 Å². The molecule has 0 aromatic heterocycles. The molecule has 0 atom stereocenters. The van der Waals surface area contributed by atoms with Gasteiger partial charge in [0.2, 0.25) is 0 Å². The minimum Gasteiger partial charge on any atom is -0.481 e. The maximum Gasteiger partial charge on any atom is 0.303 e. The van der Waals surface area contributed by atoms with Crippen molar-refractivity contribution in [1.82, 2.24) is 0 Å². The fourth-order valence-electron chi connectivity index (χ4n) is 3.35. The lowest BCUT2D eigenvalue weighted by molar-refractivity contribution is -0.138. The molecule has 0 bridgehead atoms. The molecule has 0 spiro atoms. The molecule has 0 aromatic carbocycles. The van der Waals surface area contributed by atoms with Gasteiger partial charge < -0.3 is 10.2 Å². The van der Waals surface area contributed by atoms with E-state index in [1.54, 1.807) is 0 Å². The maximum absolute atomic E-state index is 10.1. The van der Waals surface area contributed by atoms with E-state index in [9.17, 15) is 9.59 Å². The van der Waals surface area contributed by atoms with Crippen LogP contribution in [0.15, 0.2) is 0 Å². The van der Waals surface area contributed by atoms with Crippen LogP contribution in [0, 0.1) is 0 Å². The van der Waals surface area contributed by atoms with Gasteiger partial charge in [-0.3, -0.25) is 9.59 Å². The van der Waals surface area contributed by atoms with Gasteiger partial charge in [-0.1, -0.05) is 123 Å². The average molecular weight is 415 g/mol. The molecular formula is C25H50O4. The molecule has 4 nitrogen and oxygen atoms in total. The van der Waals surface area contributed by atoms with Crippen LogP contribution >= 0.6 is 0 Å². The minimum atomic E-state index is -0.740. The Hall–Kier alpha value is -1.06. The molecule has 0 aromatic rings. The zero-order chi connectivity index (χ0) is 22.0. The summed E-state index contributed by atoms with van der Waals surface area (Å²) in [5.41, 5.74) is 0. The smallest absolute Gasteiger partial charge is 0.303 e. The summed E-state index contributed by atoms with van der Waals surface area (Å²) < 4.78 is 0. The van der Waals surface area contributed by atoms with E-state index in [2.05, 4.69) is 13.8 Å². The summed E-state index contributed by atoms with van der Waals surface area (Å²) in [6.45, 7) is 4.58. The van der Waals surface area contributed by atoms with Crippen LogP contribution in [0.2, 0.25) is 0 Å². The normalized spacial score (nSPS) is 10.4. The largest absolute Gasteiger partial charge is 0.481 e. The van der Waals surface area contributed by atoms with E-state index in [1.807, 2.05) is 0 Å². The Labute approximate surface area is 180 Å². The lowest BCUT2D eigenvalue weighted by Gasteiger charge is -2.01. The molecule has 29 heavy (non-hydrogen) atoms. The summed E-state index contributed by atoms with van der Waals surface area (Å²) in [5, 5.41) is 16.7. The fourth-order valence-corrected chi connectivity index (χ4v) is 3.35. The number of hydrogen-bond acceptors (Lipinski definition) is 2. The molecule has 0 amide bonds. The van der Waals surface area contributed by atoms with Crippen LogP contribution in [0.25, 0.3) is 0 Å². The monoisotopic (exact) mass is 414 g/mol. The Kier molecular flexibility index (Phi) is 28.0. The molecule has 0 fully saturated rings. The first-order valence-electron chi connectivity index (χ1n) is 12.5. The van der Waals surface area contributed by atoms with Crippen LogP contribution in [0.1, 0.15) is 149 Å². The quantitative estimate of drug-likeness (QED) is 0.185. The molecule has 4 heteroatoms. The van der Waals surface area contributed by atoms with Crippen molar-refractivity contribution in [2.24, 2.45) is 0 Å². The van der Waals surface area contributed by atoms with Gasteiger partial charge in [-0.05, 0) is 12.8 Å². The third-order valence-electron chi connectivity index (χ3n) is 5.24. The fraction of sp³-hybridized carbons (Fsp3) is 0.920. The Morgan fingerprint density at radius 3 is 0.828 bits per heavy atom. The number of carbonyl (C=O) groups is 2. The van der Waals surface area contributed by atoms with Gasteiger partial charge in [0, 0.05) is 12.8 Å². The third-order valence-corrected chi connectivity index (χ3v) is 5.24. The number of rotatable bonds is 21. The summed E-state index contributed by atoms with van der Waals surface area (Å²) in [7, 11) is 0. The van der Waals surface area contributed by atoms with Gasteiger partial charge in [-0.2, -0.15) is 0 Å². The molecule has 0 rings (SSSR count). The van der Waals surface area contributed by atoms with Crippen molar-refractivity contribution in [3.63, 3.8) is 0 Å². The highest BCUT2D eigenvalue weighted by atomic mass is 16.4. The molecule has 0 aliphatic carbocycles.